The second-order valence-electron chi connectivity index (χ2n) is 7.67. The maximum absolute atomic E-state index is 13.3. The minimum absolute atomic E-state index is 0.149. The first kappa shape index (κ1) is 18.9. The van der Waals surface area contributed by atoms with Crippen molar-refractivity contribution in [2.24, 2.45) is 10.1 Å². The Morgan fingerprint density at radius 2 is 1.75 bits per heavy atom. The first-order chi connectivity index (χ1) is 15.7. The largest absolute Gasteiger partial charge is 0.279 e. The van der Waals surface area contributed by atoms with Crippen molar-refractivity contribution in [2.75, 3.05) is 9.91 Å². The molecule has 4 heterocycles. The van der Waals surface area contributed by atoms with Gasteiger partial charge in [-0.25, -0.2) is 15.0 Å². The summed E-state index contributed by atoms with van der Waals surface area (Å²) in [5, 5.41) is 8.80. The Bertz CT molecular complexity index is 1300. The van der Waals surface area contributed by atoms with Crippen LogP contribution in [0.1, 0.15) is 35.8 Å². The number of thioether (sulfide) groups is 1. The van der Waals surface area contributed by atoms with Crippen LogP contribution < -0.4 is 9.91 Å². The molecule has 3 aliphatic heterocycles. The van der Waals surface area contributed by atoms with Crippen LogP contribution in [0.4, 0.5) is 11.5 Å². The lowest BCUT2D eigenvalue weighted by molar-refractivity contribution is -0.118. The second-order valence-corrected chi connectivity index (χ2v) is 8.54. The third-order valence-electron chi connectivity index (χ3n) is 5.67. The fourth-order valence-electron chi connectivity index (χ4n) is 4.13. The standard InChI is InChI=1S/C24H18N6OS/c1-15-19(23(31)30(28-15)17-10-6-3-7-11-17)21-25-14-18-20(16-8-4-2-5-9-16)26-24-29(12-13-32-24)22(18)27-21/h2-14,19-20H,1H3. The number of hydrazone groups is 1. The molecule has 0 aliphatic carbocycles. The molecule has 0 spiro atoms. The zero-order valence-electron chi connectivity index (χ0n) is 17.2. The van der Waals surface area contributed by atoms with E-state index in [9.17, 15) is 4.79 Å². The van der Waals surface area contributed by atoms with Crippen molar-refractivity contribution < 1.29 is 4.79 Å². The maximum Gasteiger partial charge on any atom is 0.264 e. The number of carbonyl (C=O) groups excluding carboxylic acids is 1. The van der Waals surface area contributed by atoms with E-state index in [1.54, 1.807) is 18.0 Å². The van der Waals surface area contributed by atoms with E-state index >= 15 is 0 Å². The molecule has 0 bridgehead atoms. The van der Waals surface area contributed by atoms with Crippen LogP contribution in [0.15, 0.2) is 88.6 Å². The molecule has 2 atom stereocenters. The van der Waals surface area contributed by atoms with Crippen LogP contribution in [0.25, 0.3) is 0 Å². The van der Waals surface area contributed by atoms with Crippen molar-refractivity contribution in [1.82, 2.24) is 9.97 Å². The normalized spacial score (nSPS) is 21.3. The molecule has 2 aromatic carbocycles. The van der Waals surface area contributed by atoms with E-state index in [1.807, 2.05) is 72.0 Å². The van der Waals surface area contributed by atoms with Gasteiger partial charge in [-0.15, -0.1) is 0 Å². The summed E-state index contributed by atoms with van der Waals surface area (Å²) >= 11 is 1.56. The number of rotatable bonds is 3. The van der Waals surface area contributed by atoms with Gasteiger partial charge in [0.05, 0.1) is 11.4 Å². The summed E-state index contributed by atoms with van der Waals surface area (Å²) in [5.41, 5.74) is 3.40. The van der Waals surface area contributed by atoms with Crippen LogP contribution in [0, 0.1) is 0 Å². The van der Waals surface area contributed by atoms with Gasteiger partial charge in [-0.3, -0.25) is 9.69 Å². The van der Waals surface area contributed by atoms with Gasteiger partial charge in [0, 0.05) is 18.0 Å². The van der Waals surface area contributed by atoms with Gasteiger partial charge in [-0.05, 0) is 30.0 Å². The smallest absolute Gasteiger partial charge is 0.264 e. The van der Waals surface area contributed by atoms with Crippen LogP contribution >= 0.6 is 11.8 Å². The fraction of sp³-hybridized carbons (Fsp3) is 0.125. The summed E-state index contributed by atoms with van der Waals surface area (Å²) in [4.78, 5) is 29.7. The minimum Gasteiger partial charge on any atom is -0.279 e. The number of amides is 1. The van der Waals surface area contributed by atoms with Gasteiger partial charge in [0.25, 0.3) is 5.91 Å². The van der Waals surface area contributed by atoms with Gasteiger partial charge >= 0.3 is 0 Å². The van der Waals surface area contributed by atoms with Gasteiger partial charge in [0.15, 0.2) is 5.17 Å². The molecule has 0 saturated carbocycles. The lowest BCUT2D eigenvalue weighted by atomic mass is 9.98. The third-order valence-corrected chi connectivity index (χ3v) is 6.44. The number of carbonyl (C=O) groups is 1. The highest BCUT2D eigenvalue weighted by atomic mass is 32.2. The Kier molecular flexibility index (Phi) is 4.39. The Balaban J connectivity index is 1.41. The van der Waals surface area contributed by atoms with Crippen molar-refractivity contribution in [3.05, 3.63) is 95.4 Å². The molecule has 0 saturated heterocycles. The molecule has 1 amide bonds. The van der Waals surface area contributed by atoms with Crippen LogP contribution in [0.3, 0.4) is 0 Å². The monoisotopic (exact) mass is 438 g/mol. The number of aliphatic imine (C=N–C) groups is 1. The SMILES string of the molecule is CC1=NN(c2ccccc2)C(=O)C1c1ncc2c(n1)N1C=CSC1=NC2c1ccccc1. The van der Waals surface area contributed by atoms with Crippen LogP contribution in [0.5, 0.6) is 0 Å². The van der Waals surface area contributed by atoms with Crippen LogP contribution in [-0.4, -0.2) is 26.8 Å². The number of fused-ring (bicyclic) bond motifs is 3. The summed E-state index contributed by atoms with van der Waals surface area (Å²) < 4.78 is 0. The number of benzene rings is 2. The van der Waals surface area contributed by atoms with Crippen molar-refractivity contribution in [3.63, 3.8) is 0 Å². The van der Waals surface area contributed by atoms with E-state index in [4.69, 9.17) is 9.98 Å². The van der Waals surface area contributed by atoms with Crippen molar-refractivity contribution in [2.45, 2.75) is 18.9 Å². The summed E-state index contributed by atoms with van der Waals surface area (Å²) in [6.45, 7) is 1.85. The van der Waals surface area contributed by atoms with Gasteiger partial charge < -0.3 is 0 Å². The summed E-state index contributed by atoms with van der Waals surface area (Å²) in [7, 11) is 0. The fourth-order valence-corrected chi connectivity index (χ4v) is 4.86. The number of para-hydroxylation sites is 1. The molecule has 3 aromatic rings. The molecular formula is C24H18N6OS. The molecule has 2 unspecified atom stereocenters. The van der Waals surface area contributed by atoms with Gasteiger partial charge in [-0.1, -0.05) is 60.3 Å². The average Bonchev–Trinajstić information content (AvgIpc) is 3.43. The van der Waals surface area contributed by atoms with Crippen LogP contribution in [0.2, 0.25) is 0 Å². The highest BCUT2D eigenvalue weighted by molar-refractivity contribution is 8.17. The van der Waals surface area contributed by atoms with Gasteiger partial charge in [0.2, 0.25) is 0 Å². The molecule has 0 fully saturated rings. The average molecular weight is 439 g/mol. The summed E-state index contributed by atoms with van der Waals surface area (Å²) in [5.74, 6) is 0.446. The predicted octanol–water partition coefficient (Wildman–Crippen LogP) is 4.47. The Morgan fingerprint density at radius 3 is 2.53 bits per heavy atom. The molecule has 6 rings (SSSR count). The highest BCUT2D eigenvalue weighted by Gasteiger charge is 2.39. The van der Waals surface area contributed by atoms with E-state index in [-0.39, 0.29) is 11.9 Å². The number of hydrogen-bond acceptors (Lipinski definition) is 7. The van der Waals surface area contributed by atoms with Crippen molar-refractivity contribution >= 4 is 40.1 Å². The zero-order valence-corrected chi connectivity index (χ0v) is 18.0. The first-order valence-corrected chi connectivity index (χ1v) is 11.1. The Hall–Kier alpha value is -3.78. The molecule has 0 radical (unpaired) electrons. The zero-order chi connectivity index (χ0) is 21.7. The lowest BCUT2D eigenvalue weighted by Crippen LogP contribution is -2.30. The molecule has 7 nitrogen and oxygen atoms in total. The van der Waals surface area contributed by atoms with E-state index in [0.29, 0.717) is 11.5 Å². The molecule has 8 heteroatoms. The Morgan fingerprint density at radius 1 is 1.00 bits per heavy atom. The van der Waals surface area contributed by atoms with E-state index in [0.717, 1.165) is 27.8 Å². The quantitative estimate of drug-likeness (QED) is 0.603. The lowest BCUT2D eigenvalue weighted by Gasteiger charge is -2.28. The maximum atomic E-state index is 13.3. The second kappa shape index (κ2) is 7.42. The Labute approximate surface area is 189 Å². The summed E-state index contributed by atoms with van der Waals surface area (Å²) in [6, 6.07) is 19.4. The topological polar surface area (TPSA) is 74.1 Å². The van der Waals surface area contributed by atoms with Gasteiger partial charge in [-0.2, -0.15) is 10.1 Å². The van der Waals surface area contributed by atoms with E-state index in [1.165, 1.54) is 5.01 Å². The highest BCUT2D eigenvalue weighted by Crippen LogP contribution is 2.41. The molecular weight excluding hydrogens is 420 g/mol. The number of nitrogens with zero attached hydrogens (tertiary/aromatic N) is 6. The third kappa shape index (κ3) is 2.95. The number of aromatic nitrogens is 2. The molecule has 1 aromatic heterocycles. The predicted molar refractivity (Wildman–Crippen MR) is 127 cm³/mol. The number of amidine groups is 1. The number of hydrogen-bond donors (Lipinski definition) is 0. The van der Waals surface area contributed by atoms with E-state index in [2.05, 4.69) is 22.2 Å². The molecule has 3 aliphatic rings. The molecule has 32 heavy (non-hydrogen) atoms. The van der Waals surface area contributed by atoms with Gasteiger partial charge in [0.1, 0.15) is 23.6 Å². The minimum atomic E-state index is -0.614. The molecule has 0 N–H and O–H groups in total. The number of anilines is 2. The first-order valence-electron chi connectivity index (χ1n) is 10.3. The molecule has 156 valence electrons. The van der Waals surface area contributed by atoms with Crippen LogP contribution in [-0.2, 0) is 4.79 Å². The van der Waals surface area contributed by atoms with Crippen molar-refractivity contribution in [3.8, 4) is 0 Å². The van der Waals surface area contributed by atoms with Crippen molar-refractivity contribution in [1.29, 1.82) is 0 Å². The van der Waals surface area contributed by atoms with E-state index < -0.39 is 5.92 Å². The summed E-state index contributed by atoms with van der Waals surface area (Å²) in [6.07, 6.45) is 3.76.